The summed E-state index contributed by atoms with van der Waals surface area (Å²) in [5.41, 5.74) is 2.91. The summed E-state index contributed by atoms with van der Waals surface area (Å²) < 4.78 is 6.25. The first kappa shape index (κ1) is 15.1. The minimum absolute atomic E-state index is 0.241. The Balaban J connectivity index is 1.84. The summed E-state index contributed by atoms with van der Waals surface area (Å²) in [7, 11) is 0. The fourth-order valence-electron chi connectivity index (χ4n) is 4.29. The van der Waals surface area contributed by atoms with Gasteiger partial charge >= 0.3 is 0 Å². The molecule has 0 aromatic heterocycles. The molecule has 0 radical (unpaired) electrons. The number of ether oxygens (including phenoxy) is 1. The van der Waals surface area contributed by atoms with Crippen molar-refractivity contribution in [2.24, 2.45) is 11.8 Å². The lowest BCUT2D eigenvalue weighted by atomic mass is 9.75. The average Bonchev–Trinajstić information content (AvgIpc) is 2.52. The number of hydrogen-bond donors (Lipinski definition) is 1. The molecule has 1 N–H and O–H groups in total. The molecule has 2 heteroatoms. The van der Waals surface area contributed by atoms with Gasteiger partial charge in [0.2, 0.25) is 0 Å². The summed E-state index contributed by atoms with van der Waals surface area (Å²) in [6.07, 6.45) is 6.78. The van der Waals surface area contributed by atoms with Crippen molar-refractivity contribution in [1.82, 2.24) is 5.32 Å². The minimum Gasteiger partial charge on any atom is -0.372 e. The van der Waals surface area contributed by atoms with E-state index in [2.05, 4.69) is 43.4 Å². The molecule has 4 unspecified atom stereocenters. The van der Waals surface area contributed by atoms with Crippen molar-refractivity contribution in [3.63, 3.8) is 0 Å². The van der Waals surface area contributed by atoms with Crippen molar-refractivity contribution in [3.8, 4) is 0 Å². The Morgan fingerprint density at radius 1 is 1.29 bits per heavy atom. The van der Waals surface area contributed by atoms with Gasteiger partial charge in [-0.1, -0.05) is 51.0 Å². The Morgan fingerprint density at radius 2 is 2.14 bits per heavy atom. The van der Waals surface area contributed by atoms with Gasteiger partial charge in [-0.05, 0) is 48.8 Å². The smallest absolute Gasteiger partial charge is 0.0983 e. The highest BCUT2D eigenvalue weighted by molar-refractivity contribution is 5.32. The van der Waals surface area contributed by atoms with Crippen LogP contribution in [0.1, 0.15) is 56.8 Å². The van der Waals surface area contributed by atoms with Crippen molar-refractivity contribution in [1.29, 1.82) is 0 Å². The van der Waals surface area contributed by atoms with E-state index in [0.717, 1.165) is 31.4 Å². The predicted octanol–water partition coefficient (Wildman–Crippen LogP) is 4.10. The normalized spacial score (nSPS) is 30.7. The van der Waals surface area contributed by atoms with Crippen LogP contribution in [0.5, 0.6) is 0 Å². The van der Waals surface area contributed by atoms with Gasteiger partial charge in [0.1, 0.15) is 0 Å². The van der Waals surface area contributed by atoms with Crippen LogP contribution in [0.25, 0.3) is 0 Å². The van der Waals surface area contributed by atoms with Crippen LogP contribution in [0.3, 0.4) is 0 Å². The summed E-state index contributed by atoms with van der Waals surface area (Å²) >= 11 is 0. The Kier molecular flexibility index (Phi) is 4.97. The zero-order valence-electron chi connectivity index (χ0n) is 13.5. The number of benzene rings is 1. The van der Waals surface area contributed by atoms with E-state index in [1.807, 2.05) is 0 Å². The zero-order chi connectivity index (χ0) is 14.7. The van der Waals surface area contributed by atoms with Gasteiger partial charge in [-0.15, -0.1) is 0 Å². The van der Waals surface area contributed by atoms with Crippen LogP contribution >= 0.6 is 0 Å². The SMILES string of the molecule is CCNC(C1CCCC(C)C1)C1OCCc2ccccc21. The molecule has 21 heavy (non-hydrogen) atoms. The first-order valence-corrected chi connectivity index (χ1v) is 8.72. The maximum absolute atomic E-state index is 6.25. The van der Waals surface area contributed by atoms with Gasteiger partial charge in [0, 0.05) is 6.04 Å². The van der Waals surface area contributed by atoms with Gasteiger partial charge in [-0.25, -0.2) is 0 Å². The molecule has 2 nitrogen and oxygen atoms in total. The molecule has 1 aromatic carbocycles. The summed E-state index contributed by atoms with van der Waals surface area (Å²) in [4.78, 5) is 0. The fourth-order valence-corrected chi connectivity index (χ4v) is 4.29. The molecule has 0 bridgehead atoms. The minimum atomic E-state index is 0.241. The molecule has 1 saturated carbocycles. The molecule has 1 aliphatic heterocycles. The van der Waals surface area contributed by atoms with Crippen LogP contribution in [0.15, 0.2) is 24.3 Å². The van der Waals surface area contributed by atoms with E-state index >= 15 is 0 Å². The standard InChI is InChI=1S/C19H29NO/c1-3-20-18(16-9-6-7-14(2)13-16)19-17-10-5-4-8-15(17)11-12-21-19/h4-5,8,10,14,16,18-20H,3,6-7,9,11-13H2,1-2H3. The Hall–Kier alpha value is -0.860. The van der Waals surface area contributed by atoms with E-state index in [1.165, 1.54) is 36.8 Å². The van der Waals surface area contributed by atoms with E-state index < -0.39 is 0 Å². The third kappa shape index (κ3) is 3.32. The molecule has 1 aromatic rings. The lowest BCUT2D eigenvalue weighted by Gasteiger charge is -2.40. The van der Waals surface area contributed by atoms with Gasteiger partial charge < -0.3 is 10.1 Å². The summed E-state index contributed by atoms with van der Waals surface area (Å²) in [6, 6.07) is 9.34. The molecule has 3 rings (SSSR count). The van der Waals surface area contributed by atoms with Crippen LogP contribution in [0, 0.1) is 11.8 Å². The molecule has 2 aliphatic rings. The van der Waals surface area contributed by atoms with Gasteiger partial charge in [-0.3, -0.25) is 0 Å². The molecule has 1 fully saturated rings. The monoisotopic (exact) mass is 287 g/mol. The van der Waals surface area contributed by atoms with Crippen LogP contribution in [-0.4, -0.2) is 19.2 Å². The number of nitrogens with one attached hydrogen (secondary N) is 1. The van der Waals surface area contributed by atoms with Gasteiger partial charge in [-0.2, -0.15) is 0 Å². The largest absolute Gasteiger partial charge is 0.372 e. The highest BCUT2D eigenvalue weighted by Crippen LogP contribution is 2.38. The highest BCUT2D eigenvalue weighted by Gasteiger charge is 2.35. The van der Waals surface area contributed by atoms with Crippen molar-refractivity contribution >= 4 is 0 Å². The maximum atomic E-state index is 6.25. The molecule has 1 heterocycles. The molecular weight excluding hydrogens is 258 g/mol. The average molecular weight is 287 g/mol. The molecule has 0 amide bonds. The number of hydrogen-bond acceptors (Lipinski definition) is 2. The molecule has 116 valence electrons. The lowest BCUT2D eigenvalue weighted by Crippen LogP contribution is -2.45. The zero-order valence-corrected chi connectivity index (χ0v) is 13.5. The second kappa shape index (κ2) is 6.93. The first-order valence-electron chi connectivity index (χ1n) is 8.72. The van der Waals surface area contributed by atoms with E-state index in [9.17, 15) is 0 Å². The summed E-state index contributed by atoms with van der Waals surface area (Å²) in [5, 5.41) is 3.76. The third-order valence-corrected chi connectivity index (χ3v) is 5.28. The second-order valence-electron chi connectivity index (χ2n) is 6.86. The Morgan fingerprint density at radius 3 is 2.95 bits per heavy atom. The van der Waals surface area contributed by atoms with Gasteiger partial charge in [0.05, 0.1) is 12.7 Å². The van der Waals surface area contributed by atoms with E-state index in [-0.39, 0.29) is 6.10 Å². The maximum Gasteiger partial charge on any atom is 0.0983 e. The van der Waals surface area contributed by atoms with E-state index in [1.54, 1.807) is 0 Å². The van der Waals surface area contributed by atoms with Crippen LogP contribution in [-0.2, 0) is 11.2 Å². The van der Waals surface area contributed by atoms with Gasteiger partial charge in [0.15, 0.2) is 0 Å². The Labute approximate surface area is 129 Å². The summed E-state index contributed by atoms with van der Waals surface area (Å²) in [6.45, 7) is 6.52. The predicted molar refractivity (Wildman–Crippen MR) is 87.4 cm³/mol. The van der Waals surface area contributed by atoms with E-state index in [4.69, 9.17) is 4.74 Å². The number of fused-ring (bicyclic) bond motifs is 1. The van der Waals surface area contributed by atoms with Crippen LogP contribution in [0.4, 0.5) is 0 Å². The van der Waals surface area contributed by atoms with Crippen molar-refractivity contribution in [2.45, 2.75) is 58.1 Å². The second-order valence-corrected chi connectivity index (χ2v) is 6.86. The number of likely N-dealkylation sites (N-methyl/N-ethyl adjacent to an activating group) is 1. The molecule has 1 aliphatic carbocycles. The molecule has 0 saturated heterocycles. The highest BCUT2D eigenvalue weighted by atomic mass is 16.5. The van der Waals surface area contributed by atoms with Crippen molar-refractivity contribution in [3.05, 3.63) is 35.4 Å². The van der Waals surface area contributed by atoms with Gasteiger partial charge in [0.25, 0.3) is 0 Å². The molecular formula is C19H29NO. The van der Waals surface area contributed by atoms with Crippen molar-refractivity contribution in [2.75, 3.05) is 13.2 Å². The fraction of sp³-hybridized carbons (Fsp3) is 0.684. The quantitative estimate of drug-likeness (QED) is 0.900. The summed E-state index contributed by atoms with van der Waals surface area (Å²) in [5.74, 6) is 1.62. The topological polar surface area (TPSA) is 21.3 Å². The molecule has 0 spiro atoms. The van der Waals surface area contributed by atoms with Crippen LogP contribution in [0.2, 0.25) is 0 Å². The molecule has 4 atom stereocenters. The van der Waals surface area contributed by atoms with Crippen LogP contribution < -0.4 is 5.32 Å². The van der Waals surface area contributed by atoms with E-state index in [0.29, 0.717) is 6.04 Å². The third-order valence-electron chi connectivity index (χ3n) is 5.28. The lowest BCUT2D eigenvalue weighted by molar-refractivity contribution is -0.00792. The number of rotatable bonds is 4. The first-order chi connectivity index (χ1) is 10.3. The Bertz CT molecular complexity index is 459. The van der Waals surface area contributed by atoms with Crippen molar-refractivity contribution < 1.29 is 4.74 Å².